The number of esters is 1. The molecular weight excluding hydrogens is 981 g/mol. The van der Waals surface area contributed by atoms with E-state index in [1.807, 2.05) is 24.8 Å². The number of nitrogens with zero attached hydrogens (tertiary/aromatic N) is 4. The maximum absolute atomic E-state index is 13.1. The zero-order valence-corrected chi connectivity index (χ0v) is 40.8. The molecular formula is C43H59ClF3N5O15P2. The van der Waals surface area contributed by atoms with Crippen molar-refractivity contribution in [1.29, 1.82) is 0 Å². The Hall–Kier alpha value is -3.84. The third kappa shape index (κ3) is 22.8. The molecule has 2 saturated heterocycles. The molecule has 20 nitrogen and oxygen atoms in total. The van der Waals surface area contributed by atoms with Crippen molar-refractivity contribution < 1.29 is 84.6 Å². The van der Waals surface area contributed by atoms with Crippen LogP contribution >= 0.6 is 28.4 Å². The molecule has 3 atom stereocenters. The molecule has 0 spiro atoms. The van der Waals surface area contributed by atoms with E-state index in [1.165, 1.54) is 0 Å². The number of anilines is 1. The van der Waals surface area contributed by atoms with E-state index >= 15 is 0 Å². The van der Waals surface area contributed by atoms with Gasteiger partial charge in [0.25, 0.3) is 0 Å². The van der Waals surface area contributed by atoms with Crippen LogP contribution in [0.25, 0.3) is 11.0 Å². The number of rotatable bonds is 29. The predicted molar refractivity (Wildman–Crippen MR) is 248 cm³/mol. The number of halogens is 4. The number of benzene rings is 1. The van der Waals surface area contributed by atoms with E-state index in [9.17, 15) is 27.7 Å². The average molecular weight is 1040 g/mol. The van der Waals surface area contributed by atoms with E-state index in [0.29, 0.717) is 109 Å². The number of hydrogen-bond acceptors (Lipinski definition) is 18. The highest BCUT2D eigenvalue weighted by atomic mass is 35.5. The number of carbonyl (C=O) groups is 2. The third-order valence-electron chi connectivity index (χ3n) is 8.91. The number of terminal acetylenes is 2. The fourth-order valence-corrected chi connectivity index (χ4v) is 7.43. The van der Waals surface area contributed by atoms with E-state index in [0.717, 1.165) is 11.8 Å². The van der Waals surface area contributed by atoms with Crippen LogP contribution in [0.2, 0.25) is 5.28 Å². The van der Waals surface area contributed by atoms with E-state index in [1.54, 1.807) is 10.8 Å². The summed E-state index contributed by atoms with van der Waals surface area (Å²) in [7, 11) is -4.20. The number of fused-ring (bicyclic) bond motifs is 1. The van der Waals surface area contributed by atoms with Gasteiger partial charge >= 0.3 is 5.97 Å². The molecule has 384 valence electrons. The van der Waals surface area contributed by atoms with Crippen LogP contribution in [-0.2, 0) is 52.0 Å². The molecule has 1 aromatic carbocycles. The summed E-state index contributed by atoms with van der Waals surface area (Å²) in [4.78, 5) is 62.4. The monoisotopic (exact) mass is 1040 g/mol. The minimum atomic E-state index is -2.24. The second-order valence-electron chi connectivity index (χ2n) is 14.2. The molecule has 0 aliphatic carbocycles. The number of hydrogen-bond donors (Lipinski definition) is 4. The molecule has 5 rings (SSSR count). The smallest absolute Gasteiger partial charge is 0.313 e. The largest absolute Gasteiger partial charge is 0.420 e. The Labute approximate surface area is 406 Å². The first-order valence-corrected chi connectivity index (χ1v) is 24.8. The SMILES string of the molecule is C#CCOCC.C#CCOCCOCCOCCOCCNC(=O)C1CN(c2nc(Cl)nc3c2ccn3C2OCC(COP(O)CP(O)O)O2)C1.CCCOCCC(=O)Oc1c(F)cc(F)cc1F. The van der Waals surface area contributed by atoms with Gasteiger partial charge in [-0.05, 0) is 31.0 Å². The van der Waals surface area contributed by atoms with Gasteiger partial charge in [-0.1, -0.05) is 18.8 Å². The molecule has 0 radical (unpaired) electrons. The van der Waals surface area contributed by atoms with Crippen molar-refractivity contribution in [3.05, 3.63) is 47.1 Å². The topological polar surface area (TPSA) is 233 Å². The lowest BCUT2D eigenvalue weighted by Gasteiger charge is -2.39. The van der Waals surface area contributed by atoms with Gasteiger partial charge in [-0.2, -0.15) is 9.97 Å². The first kappa shape index (κ1) is 59.5. The molecule has 26 heteroatoms. The van der Waals surface area contributed by atoms with Crippen LogP contribution in [-0.4, -0.2) is 165 Å². The van der Waals surface area contributed by atoms with Gasteiger partial charge in [-0.15, -0.1) is 12.8 Å². The van der Waals surface area contributed by atoms with Crippen LogP contribution in [0.15, 0.2) is 24.4 Å². The fourth-order valence-electron chi connectivity index (χ4n) is 5.74. The van der Waals surface area contributed by atoms with Crippen LogP contribution in [0, 0.1) is 48.1 Å². The summed E-state index contributed by atoms with van der Waals surface area (Å²) < 4.78 is 93.1. The van der Waals surface area contributed by atoms with Crippen LogP contribution < -0.4 is 15.0 Å². The Morgan fingerprint density at radius 3 is 2.13 bits per heavy atom. The summed E-state index contributed by atoms with van der Waals surface area (Å²) in [6.45, 7) is 10.4. The summed E-state index contributed by atoms with van der Waals surface area (Å²) in [5.41, 5.74) is 0.499. The van der Waals surface area contributed by atoms with Gasteiger partial charge in [0.2, 0.25) is 23.4 Å². The zero-order chi connectivity index (χ0) is 50.4. The van der Waals surface area contributed by atoms with Crippen LogP contribution in [0.5, 0.6) is 5.75 Å². The van der Waals surface area contributed by atoms with E-state index in [-0.39, 0.29) is 55.9 Å². The summed E-state index contributed by atoms with van der Waals surface area (Å²) >= 11 is 6.26. The highest BCUT2D eigenvalue weighted by Gasteiger charge is 2.36. The third-order valence-corrected chi connectivity index (χ3v) is 11.5. The van der Waals surface area contributed by atoms with E-state index in [4.69, 9.17) is 76.7 Å². The number of nitrogens with one attached hydrogen (secondary N) is 1. The normalized spacial score (nSPS) is 15.9. The first-order chi connectivity index (χ1) is 33.3. The maximum atomic E-state index is 13.1. The molecule has 2 aliphatic rings. The number of aromatic nitrogens is 3. The second-order valence-corrected chi connectivity index (χ2v) is 17.4. The molecule has 2 aliphatic heterocycles. The van der Waals surface area contributed by atoms with Crippen molar-refractivity contribution in [2.24, 2.45) is 5.92 Å². The maximum Gasteiger partial charge on any atom is 0.313 e. The second kappa shape index (κ2) is 34.5. The minimum absolute atomic E-state index is 0.0296. The molecule has 1 amide bonds. The van der Waals surface area contributed by atoms with Gasteiger partial charge in [-0.3, -0.25) is 14.2 Å². The highest BCUT2D eigenvalue weighted by Crippen LogP contribution is 2.44. The number of amides is 1. The van der Waals surface area contributed by atoms with Gasteiger partial charge in [0.15, 0.2) is 34.0 Å². The Kier molecular flexibility index (Phi) is 29.7. The fraction of sp³-hybridized carbons (Fsp3) is 0.581. The summed E-state index contributed by atoms with van der Waals surface area (Å²) in [5.74, 6) is -0.458. The quantitative estimate of drug-likeness (QED) is 0.0190. The Balaban J connectivity index is 0.000000432. The van der Waals surface area contributed by atoms with E-state index < -0.39 is 58.4 Å². The Morgan fingerprint density at radius 1 is 0.899 bits per heavy atom. The summed E-state index contributed by atoms with van der Waals surface area (Å²) in [6, 6.07) is 2.72. The molecule has 3 unspecified atom stereocenters. The predicted octanol–water partition coefficient (Wildman–Crippen LogP) is 4.27. The van der Waals surface area contributed by atoms with Crippen molar-refractivity contribution in [1.82, 2.24) is 19.9 Å². The van der Waals surface area contributed by atoms with Crippen LogP contribution in [0.4, 0.5) is 19.0 Å². The van der Waals surface area contributed by atoms with Crippen molar-refractivity contribution in [2.45, 2.75) is 39.2 Å². The molecule has 2 aromatic heterocycles. The van der Waals surface area contributed by atoms with Gasteiger partial charge in [0.1, 0.15) is 31.0 Å². The lowest BCUT2D eigenvalue weighted by molar-refractivity contribution is -0.136. The molecule has 4 heterocycles. The summed E-state index contributed by atoms with van der Waals surface area (Å²) in [6.07, 6.45) is 11.1. The Bertz CT molecular complexity index is 2040. The van der Waals surface area contributed by atoms with Gasteiger partial charge in [-0.25, -0.2) is 13.2 Å². The van der Waals surface area contributed by atoms with Crippen LogP contribution in [0.1, 0.15) is 33.1 Å². The average Bonchev–Trinajstić information content (AvgIpc) is 3.95. The van der Waals surface area contributed by atoms with Crippen molar-refractivity contribution in [3.8, 4) is 30.4 Å². The lowest BCUT2D eigenvalue weighted by Crippen LogP contribution is -2.54. The van der Waals surface area contributed by atoms with Gasteiger partial charge < -0.3 is 72.1 Å². The molecule has 3 aromatic rings. The standard InChI is InChI=1S/C26H38ClN5O11P2.C12H13F3O3.C5H8O/c1-2-6-37-8-10-39-12-13-40-11-9-38-7-4-28-24(33)19-14-31(15-19)22-21-3-5-32(23(21)30-25(27)29-22)26-41-16-20(43-26)17-42-45(36)18-44(34)35;1-2-4-17-5-3-11(16)18-12-9(14)6-8(13)7-10(12)15;1-3-5-6-4-2/h1,3,5,19-20,26,34-36H,4,6-18H2,(H,28,33);6-7H,2-5H2,1H3;1H,4-5H2,2H3. The number of carbonyl (C=O) groups excluding carboxylic acids is 2. The molecule has 0 bridgehead atoms. The lowest BCUT2D eigenvalue weighted by atomic mass is 9.99. The Morgan fingerprint density at radius 2 is 1.52 bits per heavy atom. The van der Waals surface area contributed by atoms with Crippen LogP contribution in [0.3, 0.4) is 0 Å². The van der Waals surface area contributed by atoms with Crippen molar-refractivity contribution in [2.75, 3.05) is 123 Å². The first-order valence-electron chi connectivity index (χ1n) is 21.6. The summed E-state index contributed by atoms with van der Waals surface area (Å²) in [5, 5.41) is 3.66. The minimum Gasteiger partial charge on any atom is -0.420 e. The van der Waals surface area contributed by atoms with Crippen molar-refractivity contribution in [3.63, 3.8) is 0 Å². The molecule has 4 N–H and O–H groups in total. The van der Waals surface area contributed by atoms with Gasteiger partial charge in [0.05, 0.1) is 89.7 Å². The highest BCUT2D eigenvalue weighted by molar-refractivity contribution is 7.63. The van der Waals surface area contributed by atoms with Crippen molar-refractivity contribution >= 4 is 57.1 Å². The van der Waals surface area contributed by atoms with E-state index in [2.05, 4.69) is 31.9 Å². The molecule has 69 heavy (non-hydrogen) atoms. The number of ether oxygens (including phenoxy) is 9. The van der Waals surface area contributed by atoms with Gasteiger partial charge in [0, 0.05) is 51.2 Å². The molecule has 0 saturated carbocycles. The zero-order valence-electron chi connectivity index (χ0n) is 38.3. The molecule has 2 fully saturated rings.